The highest BCUT2D eigenvalue weighted by atomic mass is 16.5. The van der Waals surface area contributed by atoms with Gasteiger partial charge in [0, 0.05) is 24.3 Å². The summed E-state index contributed by atoms with van der Waals surface area (Å²) in [6, 6.07) is 12.0. The predicted molar refractivity (Wildman–Crippen MR) is 90.4 cm³/mol. The zero-order chi connectivity index (χ0) is 16.9. The lowest BCUT2D eigenvalue weighted by Gasteiger charge is -2.28. The number of primary amides is 1. The first-order valence-corrected chi connectivity index (χ1v) is 8.17. The monoisotopic (exact) mass is 326 g/mol. The minimum atomic E-state index is -0.254. The fourth-order valence-electron chi connectivity index (χ4n) is 2.92. The number of rotatable bonds is 5. The maximum atomic E-state index is 11.4. The van der Waals surface area contributed by atoms with Crippen LogP contribution in [-0.2, 0) is 16.1 Å². The topological polar surface area (TPSA) is 74.4 Å². The number of benzene rings is 1. The van der Waals surface area contributed by atoms with Gasteiger partial charge in [-0.05, 0) is 37.0 Å². The molecule has 1 aromatic carbocycles. The summed E-state index contributed by atoms with van der Waals surface area (Å²) in [5.41, 5.74) is 8.44. The maximum absolute atomic E-state index is 11.4. The minimum absolute atomic E-state index is 0.127. The molecular formula is C19H22N2O3. The number of nitrogens with two attached hydrogens (primary N) is 1. The molecule has 5 heteroatoms. The lowest BCUT2D eigenvalue weighted by atomic mass is 9.92. The highest BCUT2D eigenvalue weighted by Crippen LogP contribution is 2.32. The number of aryl methyl sites for hydroxylation is 1. The van der Waals surface area contributed by atoms with Crippen LogP contribution in [0.2, 0.25) is 0 Å². The van der Waals surface area contributed by atoms with E-state index in [1.54, 1.807) is 6.20 Å². The molecule has 24 heavy (non-hydrogen) atoms. The Morgan fingerprint density at radius 3 is 2.88 bits per heavy atom. The van der Waals surface area contributed by atoms with E-state index >= 15 is 0 Å². The summed E-state index contributed by atoms with van der Waals surface area (Å²) >= 11 is 0. The lowest BCUT2D eigenvalue weighted by molar-refractivity contribution is -0.126. The summed E-state index contributed by atoms with van der Waals surface area (Å²) in [4.78, 5) is 15.8. The van der Waals surface area contributed by atoms with Gasteiger partial charge in [0.15, 0.2) is 0 Å². The van der Waals surface area contributed by atoms with E-state index in [0.717, 1.165) is 16.7 Å². The van der Waals surface area contributed by atoms with E-state index in [4.69, 9.17) is 15.2 Å². The Bertz CT molecular complexity index is 703. The minimum Gasteiger partial charge on any atom is -0.473 e. The molecule has 1 amide bonds. The third-order valence-corrected chi connectivity index (χ3v) is 4.33. The van der Waals surface area contributed by atoms with Crippen LogP contribution in [0.1, 0.15) is 35.6 Å². The largest absolute Gasteiger partial charge is 0.473 e. The van der Waals surface area contributed by atoms with E-state index in [-0.39, 0.29) is 17.9 Å². The number of amides is 1. The molecule has 2 N–H and O–H groups in total. The van der Waals surface area contributed by atoms with E-state index in [0.29, 0.717) is 31.9 Å². The SMILES string of the molecule is Cc1cc(C2C[C@@H](C(N)=O)CCO2)cnc1OCc1ccccc1. The van der Waals surface area contributed by atoms with Crippen LogP contribution in [0, 0.1) is 12.8 Å². The van der Waals surface area contributed by atoms with Crippen molar-refractivity contribution in [2.24, 2.45) is 11.7 Å². The van der Waals surface area contributed by atoms with Gasteiger partial charge in [0.25, 0.3) is 0 Å². The molecular weight excluding hydrogens is 304 g/mol. The quantitative estimate of drug-likeness (QED) is 0.917. The molecule has 2 aromatic rings. The molecule has 0 spiro atoms. The van der Waals surface area contributed by atoms with Gasteiger partial charge in [-0.3, -0.25) is 4.79 Å². The summed E-state index contributed by atoms with van der Waals surface area (Å²) in [5, 5.41) is 0. The van der Waals surface area contributed by atoms with Crippen molar-refractivity contribution in [1.82, 2.24) is 4.98 Å². The van der Waals surface area contributed by atoms with Crippen LogP contribution < -0.4 is 10.5 Å². The van der Waals surface area contributed by atoms with Crippen molar-refractivity contribution in [3.63, 3.8) is 0 Å². The molecule has 1 unspecified atom stereocenters. The first kappa shape index (κ1) is 16.5. The van der Waals surface area contributed by atoms with Crippen LogP contribution in [0.5, 0.6) is 5.88 Å². The molecule has 1 aliphatic heterocycles. The molecule has 126 valence electrons. The van der Waals surface area contributed by atoms with Crippen LogP contribution in [-0.4, -0.2) is 17.5 Å². The molecule has 1 fully saturated rings. The third kappa shape index (κ3) is 3.92. The smallest absolute Gasteiger partial charge is 0.220 e. The van der Waals surface area contributed by atoms with E-state index in [1.165, 1.54) is 0 Å². The molecule has 0 saturated carbocycles. The van der Waals surface area contributed by atoms with Crippen LogP contribution >= 0.6 is 0 Å². The second kappa shape index (κ2) is 7.45. The maximum Gasteiger partial charge on any atom is 0.220 e. The van der Waals surface area contributed by atoms with Crippen molar-refractivity contribution in [2.45, 2.75) is 32.5 Å². The Kier molecular flexibility index (Phi) is 5.11. The number of carbonyl (C=O) groups excluding carboxylic acids is 1. The summed E-state index contributed by atoms with van der Waals surface area (Å²) in [5.74, 6) is 0.235. The predicted octanol–water partition coefficient (Wildman–Crippen LogP) is 2.92. The molecule has 1 aromatic heterocycles. The summed E-state index contributed by atoms with van der Waals surface area (Å²) in [7, 11) is 0. The molecule has 1 saturated heterocycles. The van der Waals surface area contributed by atoms with Crippen molar-refractivity contribution >= 4 is 5.91 Å². The van der Waals surface area contributed by atoms with Gasteiger partial charge >= 0.3 is 0 Å². The fourth-order valence-corrected chi connectivity index (χ4v) is 2.92. The fraction of sp³-hybridized carbons (Fsp3) is 0.368. The highest BCUT2D eigenvalue weighted by Gasteiger charge is 2.27. The molecule has 1 aliphatic rings. The number of ether oxygens (including phenoxy) is 2. The Hall–Kier alpha value is -2.40. The molecule has 0 bridgehead atoms. The zero-order valence-electron chi connectivity index (χ0n) is 13.8. The van der Waals surface area contributed by atoms with Gasteiger partial charge < -0.3 is 15.2 Å². The average Bonchev–Trinajstić information content (AvgIpc) is 2.61. The van der Waals surface area contributed by atoms with Gasteiger partial charge in [0.05, 0.1) is 6.10 Å². The molecule has 0 radical (unpaired) electrons. The third-order valence-electron chi connectivity index (χ3n) is 4.33. The number of hydrogen-bond donors (Lipinski definition) is 1. The summed E-state index contributed by atoms with van der Waals surface area (Å²) < 4.78 is 11.6. The molecule has 3 rings (SSSR count). The number of hydrogen-bond acceptors (Lipinski definition) is 4. The van der Waals surface area contributed by atoms with E-state index in [9.17, 15) is 4.79 Å². The van der Waals surface area contributed by atoms with Gasteiger partial charge in [-0.25, -0.2) is 4.98 Å². The van der Waals surface area contributed by atoms with Crippen molar-refractivity contribution in [2.75, 3.05) is 6.61 Å². The standard InChI is InChI=1S/C19H22N2O3/c1-13-9-16(17-10-15(18(20)22)7-8-23-17)11-21-19(13)24-12-14-5-3-2-4-6-14/h2-6,9,11,15,17H,7-8,10,12H2,1H3,(H2,20,22)/t15-,17?/m0/s1. The van der Waals surface area contributed by atoms with E-state index in [2.05, 4.69) is 4.98 Å². The van der Waals surface area contributed by atoms with Crippen LogP contribution in [0.15, 0.2) is 42.6 Å². The summed E-state index contributed by atoms with van der Waals surface area (Å²) in [6.07, 6.45) is 2.93. The number of carbonyl (C=O) groups is 1. The van der Waals surface area contributed by atoms with Gasteiger partial charge in [-0.15, -0.1) is 0 Å². The first-order valence-electron chi connectivity index (χ1n) is 8.17. The number of nitrogens with zero attached hydrogens (tertiary/aromatic N) is 1. The van der Waals surface area contributed by atoms with Gasteiger partial charge in [0.1, 0.15) is 6.61 Å². The Morgan fingerprint density at radius 1 is 1.38 bits per heavy atom. The van der Waals surface area contributed by atoms with Crippen molar-refractivity contribution < 1.29 is 14.3 Å². The highest BCUT2D eigenvalue weighted by molar-refractivity contribution is 5.76. The van der Waals surface area contributed by atoms with E-state index < -0.39 is 0 Å². The van der Waals surface area contributed by atoms with Crippen molar-refractivity contribution in [3.8, 4) is 5.88 Å². The van der Waals surface area contributed by atoms with Crippen LogP contribution in [0.25, 0.3) is 0 Å². The zero-order valence-corrected chi connectivity index (χ0v) is 13.8. The lowest BCUT2D eigenvalue weighted by Crippen LogP contribution is -2.30. The average molecular weight is 326 g/mol. The first-order chi connectivity index (χ1) is 11.6. The molecule has 0 aliphatic carbocycles. The number of aromatic nitrogens is 1. The van der Waals surface area contributed by atoms with E-state index in [1.807, 2.05) is 43.3 Å². The van der Waals surface area contributed by atoms with Crippen LogP contribution in [0.3, 0.4) is 0 Å². The van der Waals surface area contributed by atoms with Gasteiger partial charge in [-0.2, -0.15) is 0 Å². The summed E-state index contributed by atoms with van der Waals surface area (Å²) in [6.45, 7) is 2.99. The normalized spacial score (nSPS) is 20.5. The van der Waals surface area contributed by atoms with Crippen molar-refractivity contribution in [3.05, 3.63) is 59.3 Å². The molecule has 2 atom stereocenters. The second-order valence-corrected chi connectivity index (χ2v) is 6.15. The Balaban J connectivity index is 1.67. The van der Waals surface area contributed by atoms with Gasteiger partial charge in [0.2, 0.25) is 11.8 Å². The Morgan fingerprint density at radius 2 is 2.17 bits per heavy atom. The molecule has 2 heterocycles. The Labute approximate surface area is 141 Å². The van der Waals surface area contributed by atoms with Gasteiger partial charge in [-0.1, -0.05) is 30.3 Å². The van der Waals surface area contributed by atoms with Crippen molar-refractivity contribution in [1.29, 1.82) is 0 Å². The van der Waals surface area contributed by atoms with Crippen LogP contribution in [0.4, 0.5) is 0 Å². The molecule has 5 nitrogen and oxygen atoms in total. The second-order valence-electron chi connectivity index (χ2n) is 6.15. The number of pyridine rings is 1.